The Kier molecular flexibility index (Phi) is 6.84. The fourth-order valence-electron chi connectivity index (χ4n) is 3.25. The molecule has 0 radical (unpaired) electrons. The molecule has 0 aliphatic carbocycles. The summed E-state index contributed by atoms with van der Waals surface area (Å²) < 4.78 is 10.6. The first-order valence-electron chi connectivity index (χ1n) is 9.54. The number of benzene rings is 2. The van der Waals surface area contributed by atoms with Crippen LogP contribution >= 0.6 is 0 Å². The number of nitrogens with one attached hydrogen (secondary N) is 1. The van der Waals surface area contributed by atoms with Gasteiger partial charge in [-0.2, -0.15) is 0 Å². The molecule has 0 unspecified atom stereocenters. The predicted molar refractivity (Wildman–Crippen MR) is 106 cm³/mol. The van der Waals surface area contributed by atoms with Crippen molar-refractivity contribution in [1.29, 1.82) is 0 Å². The standard InChI is InChI=1S/C22H24N2O5/c1-28-18-12-6-5-11-17(18)21(26)23-15-19(25)29-20(16-9-3-2-4-10-16)22(27)24-13-7-8-14-24/h2-6,9-12,20H,7-8,13-15H2,1H3,(H,23,26)/t20-/m1/s1. The van der Waals surface area contributed by atoms with E-state index in [4.69, 9.17) is 9.47 Å². The molecule has 7 heteroatoms. The third-order valence-electron chi connectivity index (χ3n) is 4.74. The number of amides is 2. The van der Waals surface area contributed by atoms with E-state index in [9.17, 15) is 14.4 Å². The number of likely N-dealkylation sites (tertiary alicyclic amines) is 1. The molecule has 3 rings (SSSR count). The number of carbonyl (C=O) groups is 3. The maximum atomic E-state index is 12.9. The van der Waals surface area contributed by atoms with Crippen LogP contribution in [0, 0.1) is 0 Å². The van der Waals surface area contributed by atoms with Gasteiger partial charge in [0.25, 0.3) is 11.8 Å². The van der Waals surface area contributed by atoms with Gasteiger partial charge < -0.3 is 19.7 Å². The van der Waals surface area contributed by atoms with E-state index in [1.165, 1.54) is 7.11 Å². The minimum Gasteiger partial charge on any atom is -0.496 e. The lowest BCUT2D eigenvalue weighted by Crippen LogP contribution is -2.37. The van der Waals surface area contributed by atoms with E-state index in [0.29, 0.717) is 30.0 Å². The number of rotatable bonds is 7. The zero-order chi connectivity index (χ0) is 20.6. The van der Waals surface area contributed by atoms with Gasteiger partial charge >= 0.3 is 5.97 Å². The predicted octanol–water partition coefficient (Wildman–Crippen LogP) is 2.33. The van der Waals surface area contributed by atoms with Gasteiger partial charge in [-0.1, -0.05) is 42.5 Å². The molecule has 0 bridgehead atoms. The molecule has 1 saturated heterocycles. The van der Waals surface area contributed by atoms with Gasteiger partial charge in [0, 0.05) is 18.7 Å². The Balaban J connectivity index is 1.65. The average molecular weight is 396 g/mol. The van der Waals surface area contributed by atoms with Crippen molar-refractivity contribution in [3.63, 3.8) is 0 Å². The summed E-state index contributed by atoms with van der Waals surface area (Å²) in [5, 5.41) is 2.52. The summed E-state index contributed by atoms with van der Waals surface area (Å²) in [4.78, 5) is 39.3. The van der Waals surface area contributed by atoms with Crippen LogP contribution in [0.25, 0.3) is 0 Å². The highest BCUT2D eigenvalue weighted by atomic mass is 16.5. The second-order valence-corrected chi connectivity index (χ2v) is 6.70. The second kappa shape index (κ2) is 9.73. The lowest BCUT2D eigenvalue weighted by atomic mass is 10.1. The number of carbonyl (C=O) groups excluding carboxylic acids is 3. The molecule has 29 heavy (non-hydrogen) atoms. The van der Waals surface area contributed by atoms with Crippen LogP contribution in [-0.2, 0) is 14.3 Å². The van der Waals surface area contributed by atoms with E-state index in [1.807, 2.05) is 6.07 Å². The van der Waals surface area contributed by atoms with Gasteiger partial charge in [-0.15, -0.1) is 0 Å². The van der Waals surface area contributed by atoms with E-state index in [1.54, 1.807) is 53.4 Å². The summed E-state index contributed by atoms with van der Waals surface area (Å²) in [6.45, 7) is 0.960. The molecular formula is C22H24N2O5. The molecule has 1 heterocycles. The summed E-state index contributed by atoms with van der Waals surface area (Å²) in [7, 11) is 1.47. The Hall–Kier alpha value is -3.35. The topological polar surface area (TPSA) is 84.9 Å². The smallest absolute Gasteiger partial charge is 0.326 e. The maximum Gasteiger partial charge on any atom is 0.326 e. The number of ether oxygens (including phenoxy) is 2. The molecule has 2 amide bonds. The van der Waals surface area contributed by atoms with Crippen molar-refractivity contribution < 1.29 is 23.9 Å². The summed E-state index contributed by atoms with van der Waals surface area (Å²) in [6, 6.07) is 15.6. The second-order valence-electron chi connectivity index (χ2n) is 6.70. The quantitative estimate of drug-likeness (QED) is 0.726. The number of nitrogens with zero attached hydrogens (tertiary/aromatic N) is 1. The van der Waals surface area contributed by atoms with Crippen LogP contribution in [0.5, 0.6) is 5.75 Å². The summed E-state index contributed by atoms with van der Waals surface area (Å²) >= 11 is 0. The van der Waals surface area contributed by atoms with Gasteiger partial charge in [-0.05, 0) is 25.0 Å². The number of hydrogen-bond donors (Lipinski definition) is 1. The number of hydrogen-bond acceptors (Lipinski definition) is 5. The van der Waals surface area contributed by atoms with E-state index >= 15 is 0 Å². The Morgan fingerprint density at radius 2 is 1.66 bits per heavy atom. The first-order valence-corrected chi connectivity index (χ1v) is 9.54. The first kappa shape index (κ1) is 20.4. The van der Waals surface area contributed by atoms with Crippen LogP contribution in [0.4, 0.5) is 0 Å². The molecule has 1 aliphatic heterocycles. The third kappa shape index (κ3) is 5.13. The van der Waals surface area contributed by atoms with Gasteiger partial charge in [0.1, 0.15) is 12.3 Å². The van der Waals surface area contributed by atoms with Gasteiger partial charge in [0.05, 0.1) is 12.7 Å². The molecule has 2 aromatic rings. The van der Waals surface area contributed by atoms with E-state index in [0.717, 1.165) is 12.8 Å². The Morgan fingerprint density at radius 1 is 1.00 bits per heavy atom. The van der Waals surface area contributed by atoms with Crippen molar-refractivity contribution in [3.05, 3.63) is 65.7 Å². The molecule has 0 saturated carbocycles. The normalized spacial score (nSPS) is 14.2. The Labute approximate surface area is 169 Å². The molecule has 7 nitrogen and oxygen atoms in total. The van der Waals surface area contributed by atoms with Gasteiger partial charge in [0.2, 0.25) is 6.10 Å². The van der Waals surface area contributed by atoms with Crippen LogP contribution in [0.3, 0.4) is 0 Å². The van der Waals surface area contributed by atoms with E-state index < -0.39 is 18.0 Å². The number of esters is 1. The van der Waals surface area contributed by atoms with Crippen LogP contribution in [0.1, 0.15) is 34.9 Å². The minimum absolute atomic E-state index is 0.238. The van der Waals surface area contributed by atoms with Crippen LogP contribution < -0.4 is 10.1 Å². The Morgan fingerprint density at radius 3 is 2.34 bits per heavy atom. The Bertz CT molecular complexity index is 863. The van der Waals surface area contributed by atoms with Crippen molar-refractivity contribution in [2.45, 2.75) is 18.9 Å². The van der Waals surface area contributed by atoms with Gasteiger partial charge in [-0.3, -0.25) is 14.4 Å². The largest absolute Gasteiger partial charge is 0.496 e. The SMILES string of the molecule is COc1ccccc1C(=O)NCC(=O)O[C@@H](C(=O)N1CCCC1)c1ccccc1. The molecule has 1 atom stereocenters. The van der Waals surface area contributed by atoms with Crippen molar-refractivity contribution in [1.82, 2.24) is 10.2 Å². The van der Waals surface area contributed by atoms with Crippen molar-refractivity contribution in [2.75, 3.05) is 26.7 Å². The number of methoxy groups -OCH3 is 1. The van der Waals surface area contributed by atoms with Crippen LogP contribution in [-0.4, -0.2) is 49.4 Å². The highest BCUT2D eigenvalue weighted by Gasteiger charge is 2.31. The lowest BCUT2D eigenvalue weighted by Gasteiger charge is -2.23. The first-order chi connectivity index (χ1) is 14.1. The summed E-state index contributed by atoms with van der Waals surface area (Å²) in [5.74, 6) is -0.973. The molecule has 2 aromatic carbocycles. The monoisotopic (exact) mass is 396 g/mol. The van der Waals surface area contributed by atoms with Gasteiger partial charge in [0.15, 0.2) is 0 Å². The lowest BCUT2D eigenvalue weighted by molar-refractivity contribution is -0.159. The molecule has 1 N–H and O–H groups in total. The fraction of sp³-hybridized carbons (Fsp3) is 0.318. The zero-order valence-electron chi connectivity index (χ0n) is 16.3. The highest BCUT2D eigenvalue weighted by Crippen LogP contribution is 2.23. The molecule has 152 valence electrons. The van der Waals surface area contributed by atoms with Crippen molar-refractivity contribution in [3.8, 4) is 5.75 Å². The van der Waals surface area contributed by atoms with E-state index in [-0.39, 0.29) is 12.5 Å². The molecule has 0 aromatic heterocycles. The highest BCUT2D eigenvalue weighted by molar-refractivity contribution is 5.98. The third-order valence-corrected chi connectivity index (χ3v) is 4.74. The zero-order valence-corrected chi connectivity index (χ0v) is 16.3. The van der Waals surface area contributed by atoms with Crippen molar-refractivity contribution in [2.24, 2.45) is 0 Å². The minimum atomic E-state index is -1.02. The fourth-order valence-corrected chi connectivity index (χ4v) is 3.25. The van der Waals surface area contributed by atoms with Crippen molar-refractivity contribution >= 4 is 17.8 Å². The molecule has 1 fully saturated rings. The molecule has 0 spiro atoms. The molecular weight excluding hydrogens is 372 g/mol. The number of para-hydroxylation sites is 1. The molecule has 1 aliphatic rings. The average Bonchev–Trinajstić information content (AvgIpc) is 3.31. The van der Waals surface area contributed by atoms with Gasteiger partial charge in [-0.25, -0.2) is 0 Å². The summed E-state index contributed by atoms with van der Waals surface area (Å²) in [5.41, 5.74) is 0.921. The van der Waals surface area contributed by atoms with Crippen LogP contribution in [0.15, 0.2) is 54.6 Å². The maximum absolute atomic E-state index is 12.9. The summed E-state index contributed by atoms with van der Waals surface area (Å²) in [6.07, 6.45) is 0.858. The van der Waals surface area contributed by atoms with E-state index in [2.05, 4.69) is 5.32 Å². The van der Waals surface area contributed by atoms with Crippen LogP contribution in [0.2, 0.25) is 0 Å².